The second-order valence-corrected chi connectivity index (χ2v) is 4.69. The Morgan fingerprint density at radius 2 is 2.32 bits per heavy atom. The zero-order chi connectivity index (χ0) is 13.8. The average Bonchev–Trinajstić information content (AvgIpc) is 2.80. The second-order valence-electron chi connectivity index (χ2n) is 4.69. The molecular weight excluding hydrogens is 252 g/mol. The summed E-state index contributed by atoms with van der Waals surface area (Å²) in [7, 11) is 4.07. The van der Waals surface area contributed by atoms with Crippen LogP contribution in [-0.2, 0) is 16.1 Å². The zero-order valence-corrected chi connectivity index (χ0v) is 11.1. The number of aliphatic carboxylic acids is 1. The van der Waals surface area contributed by atoms with Crippen LogP contribution in [0.25, 0.3) is 0 Å². The molecule has 1 aliphatic rings. The van der Waals surface area contributed by atoms with E-state index in [0.29, 0.717) is 11.7 Å². The van der Waals surface area contributed by atoms with Crippen molar-refractivity contribution in [3.8, 4) is 0 Å². The van der Waals surface area contributed by atoms with Gasteiger partial charge >= 0.3 is 5.97 Å². The molecule has 1 fully saturated rings. The Kier molecular flexibility index (Phi) is 4.46. The average molecular weight is 270 g/mol. The van der Waals surface area contributed by atoms with Gasteiger partial charge in [0.2, 0.25) is 0 Å². The Morgan fingerprint density at radius 3 is 3.05 bits per heavy atom. The lowest BCUT2D eigenvalue weighted by molar-refractivity contribution is -0.142. The second kappa shape index (κ2) is 6.09. The van der Waals surface area contributed by atoms with Gasteiger partial charge in [0.25, 0.3) is 5.89 Å². The van der Waals surface area contributed by atoms with Gasteiger partial charge in [0.15, 0.2) is 5.82 Å². The summed E-state index contributed by atoms with van der Waals surface area (Å²) in [4.78, 5) is 19.0. The van der Waals surface area contributed by atoms with Crippen LogP contribution in [0, 0.1) is 0 Å². The molecule has 106 valence electrons. The summed E-state index contributed by atoms with van der Waals surface area (Å²) in [6.45, 7) is 2.45. The first kappa shape index (κ1) is 13.9. The number of likely N-dealkylation sites (N-methyl/N-ethyl adjacent to an activating group) is 2. The number of aromatic nitrogens is 2. The van der Waals surface area contributed by atoms with Gasteiger partial charge in [-0.3, -0.25) is 4.90 Å². The maximum Gasteiger partial charge on any atom is 0.329 e. The molecule has 2 heterocycles. The summed E-state index contributed by atoms with van der Waals surface area (Å²) in [5.41, 5.74) is 0. The van der Waals surface area contributed by atoms with Crippen molar-refractivity contribution >= 4 is 5.97 Å². The van der Waals surface area contributed by atoms with E-state index >= 15 is 0 Å². The van der Waals surface area contributed by atoms with Crippen LogP contribution in [0.3, 0.4) is 0 Å². The normalized spacial score (nSPS) is 21.7. The van der Waals surface area contributed by atoms with Crippen LogP contribution < -0.4 is 0 Å². The Bertz CT molecular complexity index is 436. The number of ether oxygens (including phenoxy) is 1. The first-order valence-electron chi connectivity index (χ1n) is 6.07. The zero-order valence-electron chi connectivity index (χ0n) is 11.1. The lowest BCUT2D eigenvalue weighted by Gasteiger charge is -2.35. The van der Waals surface area contributed by atoms with E-state index in [9.17, 15) is 4.79 Å². The topological polar surface area (TPSA) is 91.9 Å². The van der Waals surface area contributed by atoms with Crippen molar-refractivity contribution in [2.45, 2.75) is 12.6 Å². The Labute approximate surface area is 110 Å². The van der Waals surface area contributed by atoms with E-state index in [0.717, 1.165) is 19.6 Å². The first-order valence-corrected chi connectivity index (χ1v) is 6.07. The molecule has 0 aliphatic carbocycles. The molecule has 1 aromatic rings. The first-order chi connectivity index (χ1) is 9.06. The van der Waals surface area contributed by atoms with Crippen molar-refractivity contribution in [3.63, 3.8) is 0 Å². The Balaban J connectivity index is 1.94. The minimum Gasteiger partial charge on any atom is -0.480 e. The maximum atomic E-state index is 10.3. The summed E-state index contributed by atoms with van der Waals surface area (Å²) in [5.74, 6) is -0.103. The molecule has 0 amide bonds. The fraction of sp³-hybridized carbons (Fsp3) is 0.727. The highest BCUT2D eigenvalue weighted by atomic mass is 16.5. The minimum atomic E-state index is -1.02. The highest BCUT2D eigenvalue weighted by Gasteiger charge is 2.27. The van der Waals surface area contributed by atoms with Crippen molar-refractivity contribution < 1.29 is 19.2 Å². The molecule has 19 heavy (non-hydrogen) atoms. The van der Waals surface area contributed by atoms with Gasteiger partial charge < -0.3 is 19.3 Å². The third-order valence-corrected chi connectivity index (χ3v) is 3.08. The number of carboxylic acids is 1. The number of nitrogens with zero attached hydrogens (tertiary/aromatic N) is 4. The van der Waals surface area contributed by atoms with Gasteiger partial charge in [-0.2, -0.15) is 4.98 Å². The van der Waals surface area contributed by atoms with Crippen molar-refractivity contribution in [1.82, 2.24) is 19.9 Å². The summed E-state index contributed by atoms with van der Waals surface area (Å²) in [6, 6.07) is 0.0933. The minimum absolute atomic E-state index is 0.0194. The van der Waals surface area contributed by atoms with Crippen LogP contribution in [0.5, 0.6) is 0 Å². The van der Waals surface area contributed by atoms with Gasteiger partial charge in [0, 0.05) is 19.6 Å². The summed E-state index contributed by atoms with van der Waals surface area (Å²) >= 11 is 0. The van der Waals surface area contributed by atoms with Gasteiger partial charge in [-0.25, -0.2) is 4.79 Å². The molecule has 0 aromatic carbocycles. The maximum absolute atomic E-state index is 10.3. The highest BCUT2D eigenvalue weighted by Crippen LogP contribution is 2.20. The molecule has 0 spiro atoms. The van der Waals surface area contributed by atoms with Crippen molar-refractivity contribution in [2.75, 3.05) is 40.3 Å². The molecule has 1 aliphatic heterocycles. The van der Waals surface area contributed by atoms with E-state index in [4.69, 9.17) is 14.4 Å². The number of hydrogen-bond donors (Lipinski definition) is 1. The van der Waals surface area contributed by atoms with Gasteiger partial charge in [-0.15, -0.1) is 0 Å². The number of carbonyl (C=O) groups is 1. The van der Waals surface area contributed by atoms with E-state index in [1.54, 1.807) is 0 Å². The lowest BCUT2D eigenvalue weighted by atomic mass is 10.2. The Morgan fingerprint density at radius 1 is 1.53 bits per heavy atom. The summed E-state index contributed by atoms with van der Waals surface area (Å²) < 4.78 is 9.97. The van der Waals surface area contributed by atoms with E-state index in [1.165, 1.54) is 0 Å². The molecule has 1 atom stereocenters. The van der Waals surface area contributed by atoms with Crippen molar-refractivity contribution in [2.24, 2.45) is 0 Å². The molecular formula is C11H18N4O4. The van der Waals surface area contributed by atoms with Crippen LogP contribution in [0.2, 0.25) is 0 Å². The molecule has 1 aromatic heterocycles. The fourth-order valence-electron chi connectivity index (χ4n) is 1.98. The predicted octanol–water partition coefficient (Wildman–Crippen LogP) is -0.411. The highest BCUT2D eigenvalue weighted by molar-refractivity contribution is 5.67. The quantitative estimate of drug-likeness (QED) is 0.772. The molecule has 8 heteroatoms. The van der Waals surface area contributed by atoms with E-state index in [1.807, 2.05) is 7.05 Å². The van der Waals surface area contributed by atoms with Gasteiger partial charge in [0.05, 0.1) is 6.04 Å². The number of piperazine rings is 1. The number of carboxylic acid groups (broad SMARTS) is 1. The van der Waals surface area contributed by atoms with Crippen LogP contribution in [0.15, 0.2) is 4.52 Å². The predicted molar refractivity (Wildman–Crippen MR) is 64.5 cm³/mol. The largest absolute Gasteiger partial charge is 0.480 e. The standard InChI is InChI=1S/C11H18N4O4/c1-14-3-4-15(2)8(5-14)11-12-9(19-13-11)6-18-7-10(16)17/h8H,3-7H2,1-2H3,(H,16,17). The fourth-order valence-corrected chi connectivity index (χ4v) is 1.98. The SMILES string of the molecule is CN1CCN(C)C(c2noc(COCC(=O)O)n2)C1. The van der Waals surface area contributed by atoms with Crippen LogP contribution in [-0.4, -0.2) is 71.4 Å². The molecule has 0 saturated carbocycles. The van der Waals surface area contributed by atoms with E-state index < -0.39 is 5.97 Å². The molecule has 1 unspecified atom stereocenters. The van der Waals surface area contributed by atoms with E-state index in [2.05, 4.69) is 27.0 Å². The molecule has 0 radical (unpaired) electrons. The summed E-state index contributed by atoms with van der Waals surface area (Å²) in [6.07, 6.45) is 0. The van der Waals surface area contributed by atoms with Crippen LogP contribution in [0.4, 0.5) is 0 Å². The third kappa shape index (κ3) is 3.72. The molecule has 1 saturated heterocycles. The number of rotatable bonds is 5. The van der Waals surface area contributed by atoms with Gasteiger partial charge in [-0.05, 0) is 14.1 Å². The Hall–Kier alpha value is -1.51. The monoisotopic (exact) mass is 270 g/mol. The third-order valence-electron chi connectivity index (χ3n) is 3.08. The van der Waals surface area contributed by atoms with Crippen LogP contribution >= 0.6 is 0 Å². The van der Waals surface area contributed by atoms with Crippen LogP contribution in [0.1, 0.15) is 17.8 Å². The lowest BCUT2D eigenvalue weighted by Crippen LogP contribution is -2.45. The van der Waals surface area contributed by atoms with Gasteiger partial charge in [-0.1, -0.05) is 5.16 Å². The number of hydrogen-bond acceptors (Lipinski definition) is 7. The molecule has 0 bridgehead atoms. The van der Waals surface area contributed by atoms with Gasteiger partial charge in [0.1, 0.15) is 13.2 Å². The molecule has 2 rings (SSSR count). The molecule has 1 N–H and O–H groups in total. The molecule has 8 nitrogen and oxygen atoms in total. The summed E-state index contributed by atoms with van der Waals surface area (Å²) in [5, 5.41) is 12.4. The van der Waals surface area contributed by atoms with E-state index in [-0.39, 0.29) is 19.3 Å². The van der Waals surface area contributed by atoms with Crippen molar-refractivity contribution in [1.29, 1.82) is 0 Å². The van der Waals surface area contributed by atoms with Crippen molar-refractivity contribution in [3.05, 3.63) is 11.7 Å². The smallest absolute Gasteiger partial charge is 0.329 e.